The Labute approximate surface area is 147 Å². The highest BCUT2D eigenvalue weighted by molar-refractivity contribution is 5.76. The van der Waals surface area contributed by atoms with Crippen molar-refractivity contribution in [2.75, 3.05) is 0 Å². The van der Waals surface area contributed by atoms with Crippen molar-refractivity contribution in [3.8, 4) is 0 Å². The van der Waals surface area contributed by atoms with Crippen LogP contribution in [-0.4, -0.2) is 32.8 Å². The van der Waals surface area contributed by atoms with Gasteiger partial charge in [0.05, 0.1) is 5.41 Å². The molecule has 1 aromatic rings. The third-order valence-corrected chi connectivity index (χ3v) is 5.89. The quantitative estimate of drug-likeness (QED) is 0.766. The molecule has 1 heterocycles. The minimum absolute atomic E-state index is 0.162. The Kier molecular flexibility index (Phi) is 3.54. The molecule has 25 heavy (non-hydrogen) atoms. The predicted octanol–water partition coefficient (Wildman–Crippen LogP) is 3.55. The summed E-state index contributed by atoms with van der Waals surface area (Å²) in [5.74, 6) is 0.764. The van der Waals surface area contributed by atoms with E-state index in [1.54, 1.807) is 12.4 Å². The van der Waals surface area contributed by atoms with Crippen molar-refractivity contribution in [2.24, 2.45) is 17.3 Å². The zero-order valence-electron chi connectivity index (χ0n) is 15.2. The monoisotopic (exact) mass is 346 g/mol. The Morgan fingerprint density at radius 3 is 2.20 bits per heavy atom. The van der Waals surface area contributed by atoms with Crippen molar-refractivity contribution in [1.29, 1.82) is 0 Å². The van der Waals surface area contributed by atoms with Crippen LogP contribution in [0, 0.1) is 17.3 Å². The Morgan fingerprint density at radius 1 is 1.08 bits per heavy atom. The topological polar surface area (TPSA) is 70.4 Å². The van der Waals surface area contributed by atoms with Crippen LogP contribution in [0.15, 0.2) is 18.7 Å². The SMILES string of the molecule is CC(C)(C)C(=O)OC12CC3CC(CC(OC(=O)n4ccnc4)(C3)C1)C2. The van der Waals surface area contributed by atoms with E-state index in [1.807, 2.05) is 20.8 Å². The van der Waals surface area contributed by atoms with Gasteiger partial charge in [-0.25, -0.2) is 14.3 Å². The smallest absolute Gasteiger partial charge is 0.419 e. The fraction of sp³-hybridized carbons (Fsp3) is 0.737. The number of hydrogen-bond acceptors (Lipinski definition) is 5. The van der Waals surface area contributed by atoms with Crippen molar-refractivity contribution in [1.82, 2.24) is 9.55 Å². The molecule has 6 heteroatoms. The molecule has 4 aliphatic rings. The lowest BCUT2D eigenvalue weighted by atomic mass is 9.52. The number of carbonyl (C=O) groups is 2. The van der Waals surface area contributed by atoms with Crippen molar-refractivity contribution < 1.29 is 19.1 Å². The fourth-order valence-corrected chi connectivity index (χ4v) is 5.29. The van der Waals surface area contributed by atoms with Crippen molar-refractivity contribution in [2.45, 2.75) is 70.5 Å². The van der Waals surface area contributed by atoms with E-state index in [0.717, 1.165) is 32.1 Å². The Morgan fingerprint density at radius 2 is 1.68 bits per heavy atom. The Balaban J connectivity index is 1.56. The number of esters is 1. The van der Waals surface area contributed by atoms with Crippen LogP contribution in [0.25, 0.3) is 0 Å². The van der Waals surface area contributed by atoms with Crippen molar-refractivity contribution >= 4 is 12.1 Å². The number of rotatable bonds is 2. The van der Waals surface area contributed by atoms with Gasteiger partial charge in [-0.3, -0.25) is 4.79 Å². The van der Waals surface area contributed by atoms with Gasteiger partial charge in [0.15, 0.2) is 0 Å². The lowest BCUT2D eigenvalue weighted by molar-refractivity contribution is -0.224. The lowest BCUT2D eigenvalue weighted by Gasteiger charge is -2.60. The standard InChI is InChI=1S/C19H26N2O4/c1-17(2,3)15(22)24-18-7-13-6-14(8-18)10-19(9-13,11-18)25-16(23)21-5-4-20-12-21/h4-5,12-14H,6-11H2,1-3H3. The van der Waals surface area contributed by atoms with Gasteiger partial charge in [-0.2, -0.15) is 0 Å². The highest BCUT2D eigenvalue weighted by Crippen LogP contribution is 2.60. The molecule has 0 saturated heterocycles. The number of hydrogen-bond donors (Lipinski definition) is 0. The molecule has 4 saturated carbocycles. The molecule has 0 aromatic carbocycles. The second-order valence-electron chi connectivity index (χ2n) is 9.30. The first-order valence-corrected chi connectivity index (χ1v) is 9.14. The molecule has 2 atom stereocenters. The molecule has 6 nitrogen and oxygen atoms in total. The van der Waals surface area contributed by atoms with Crippen LogP contribution in [0.3, 0.4) is 0 Å². The van der Waals surface area contributed by atoms with Crippen LogP contribution in [0.4, 0.5) is 4.79 Å². The molecule has 2 unspecified atom stereocenters. The first-order valence-electron chi connectivity index (χ1n) is 9.14. The van der Waals surface area contributed by atoms with E-state index in [9.17, 15) is 9.59 Å². The van der Waals surface area contributed by atoms with Crippen LogP contribution in [0.2, 0.25) is 0 Å². The summed E-state index contributed by atoms with van der Waals surface area (Å²) >= 11 is 0. The fourth-order valence-electron chi connectivity index (χ4n) is 5.29. The second-order valence-corrected chi connectivity index (χ2v) is 9.30. The number of carbonyl (C=O) groups excluding carboxylic acids is 2. The molecule has 1 aromatic heterocycles. The Bertz CT molecular complexity index is 675. The van der Waals surface area contributed by atoms with E-state index >= 15 is 0 Å². The molecule has 0 aliphatic heterocycles. The molecule has 5 rings (SSSR count). The summed E-state index contributed by atoms with van der Waals surface area (Å²) in [7, 11) is 0. The number of ether oxygens (including phenoxy) is 2. The molecular formula is C19H26N2O4. The van der Waals surface area contributed by atoms with Gasteiger partial charge in [-0.1, -0.05) is 0 Å². The minimum atomic E-state index is -0.524. The lowest BCUT2D eigenvalue weighted by Crippen LogP contribution is -2.62. The van der Waals surface area contributed by atoms with Gasteiger partial charge in [-0.05, 0) is 64.7 Å². The zero-order chi connectivity index (χ0) is 17.9. The van der Waals surface area contributed by atoms with E-state index in [0.29, 0.717) is 18.3 Å². The third-order valence-electron chi connectivity index (χ3n) is 5.89. The maximum absolute atomic E-state index is 12.5. The van der Waals surface area contributed by atoms with Gasteiger partial charge in [0, 0.05) is 18.8 Å². The summed E-state index contributed by atoms with van der Waals surface area (Å²) in [6.07, 6.45) is 9.54. The van der Waals surface area contributed by atoms with Crippen molar-refractivity contribution in [3.05, 3.63) is 18.7 Å². The molecule has 4 aliphatic carbocycles. The normalized spacial score (nSPS) is 36.3. The first-order chi connectivity index (χ1) is 11.7. The molecule has 0 N–H and O–H groups in total. The molecule has 0 radical (unpaired) electrons. The number of nitrogens with zero attached hydrogens (tertiary/aromatic N) is 2. The van der Waals surface area contributed by atoms with Gasteiger partial charge >= 0.3 is 12.1 Å². The van der Waals surface area contributed by atoms with Crippen LogP contribution in [0.1, 0.15) is 59.3 Å². The van der Waals surface area contributed by atoms with E-state index < -0.39 is 22.7 Å². The molecule has 136 valence electrons. The van der Waals surface area contributed by atoms with Crippen LogP contribution in [-0.2, 0) is 14.3 Å². The van der Waals surface area contributed by atoms with Gasteiger partial charge in [-0.15, -0.1) is 0 Å². The summed E-state index contributed by atoms with van der Waals surface area (Å²) in [5.41, 5.74) is -1.50. The predicted molar refractivity (Wildman–Crippen MR) is 89.8 cm³/mol. The maximum Gasteiger partial charge on any atom is 0.419 e. The average Bonchev–Trinajstić information content (AvgIpc) is 2.97. The third kappa shape index (κ3) is 2.96. The second kappa shape index (κ2) is 5.32. The van der Waals surface area contributed by atoms with Crippen LogP contribution >= 0.6 is 0 Å². The van der Waals surface area contributed by atoms with Gasteiger partial charge in [0.25, 0.3) is 0 Å². The minimum Gasteiger partial charge on any atom is -0.458 e. The molecule has 4 fully saturated rings. The van der Waals surface area contributed by atoms with E-state index in [-0.39, 0.29) is 5.97 Å². The van der Waals surface area contributed by atoms with Crippen LogP contribution in [0.5, 0.6) is 0 Å². The maximum atomic E-state index is 12.5. The summed E-state index contributed by atoms with van der Waals surface area (Å²) < 4.78 is 13.4. The summed E-state index contributed by atoms with van der Waals surface area (Å²) in [5, 5.41) is 0. The van der Waals surface area contributed by atoms with Crippen LogP contribution < -0.4 is 0 Å². The summed E-state index contributed by atoms with van der Waals surface area (Å²) in [6.45, 7) is 5.64. The zero-order valence-corrected chi connectivity index (χ0v) is 15.2. The summed E-state index contributed by atoms with van der Waals surface area (Å²) in [6, 6.07) is 0. The average molecular weight is 346 g/mol. The largest absolute Gasteiger partial charge is 0.458 e. The summed E-state index contributed by atoms with van der Waals surface area (Å²) in [4.78, 5) is 28.9. The Hall–Kier alpha value is -1.85. The molecule has 0 spiro atoms. The van der Waals surface area contributed by atoms with Gasteiger partial charge < -0.3 is 9.47 Å². The highest BCUT2D eigenvalue weighted by atomic mass is 16.6. The van der Waals surface area contributed by atoms with E-state index in [4.69, 9.17) is 9.47 Å². The van der Waals surface area contributed by atoms with E-state index in [1.165, 1.54) is 10.9 Å². The van der Waals surface area contributed by atoms with Gasteiger partial charge in [0.2, 0.25) is 0 Å². The highest BCUT2D eigenvalue weighted by Gasteiger charge is 2.62. The number of aromatic nitrogens is 2. The molecular weight excluding hydrogens is 320 g/mol. The molecule has 4 bridgehead atoms. The van der Waals surface area contributed by atoms with Crippen molar-refractivity contribution in [3.63, 3.8) is 0 Å². The van der Waals surface area contributed by atoms with Gasteiger partial charge in [0.1, 0.15) is 17.5 Å². The molecule has 0 amide bonds. The number of imidazole rings is 1. The van der Waals surface area contributed by atoms with E-state index in [2.05, 4.69) is 4.98 Å². The first kappa shape index (κ1) is 16.6.